The van der Waals surface area contributed by atoms with Crippen molar-refractivity contribution >= 4 is 11.9 Å². The zero-order valence-corrected chi connectivity index (χ0v) is 12.3. The lowest BCUT2D eigenvalue weighted by Gasteiger charge is -2.02. The largest absolute Gasteiger partial charge is 0.368 e. The fourth-order valence-electron chi connectivity index (χ4n) is 2.30. The predicted molar refractivity (Wildman–Crippen MR) is 89.0 cm³/mol. The molecule has 0 unspecified atom stereocenters. The van der Waals surface area contributed by atoms with Crippen LogP contribution in [0.15, 0.2) is 60.7 Å². The van der Waals surface area contributed by atoms with Crippen LogP contribution in [0.3, 0.4) is 0 Å². The van der Waals surface area contributed by atoms with E-state index in [1.165, 1.54) is 5.56 Å². The Bertz CT molecular complexity index is 706. The molecule has 0 amide bonds. The Hall–Kier alpha value is -2.82. The van der Waals surface area contributed by atoms with Gasteiger partial charge in [-0.1, -0.05) is 48.5 Å². The molecule has 0 saturated carbocycles. The second-order valence-corrected chi connectivity index (χ2v) is 5.06. The number of nitrogens with zero attached hydrogens (tertiary/aromatic N) is 3. The van der Waals surface area contributed by atoms with Crippen LogP contribution in [0.4, 0.5) is 11.9 Å². The Kier molecular flexibility index (Phi) is 4.34. The van der Waals surface area contributed by atoms with E-state index < -0.39 is 0 Å². The van der Waals surface area contributed by atoms with Crippen molar-refractivity contribution in [2.45, 2.75) is 12.8 Å². The van der Waals surface area contributed by atoms with Gasteiger partial charge in [-0.2, -0.15) is 9.67 Å². The first-order chi connectivity index (χ1) is 10.8. The highest BCUT2D eigenvalue weighted by atomic mass is 15.4. The molecule has 22 heavy (non-hydrogen) atoms. The Balaban J connectivity index is 1.55. The van der Waals surface area contributed by atoms with Crippen LogP contribution in [0.1, 0.15) is 12.0 Å². The third-order valence-corrected chi connectivity index (χ3v) is 3.40. The number of rotatable bonds is 6. The Morgan fingerprint density at radius 1 is 0.955 bits per heavy atom. The molecule has 0 fully saturated rings. The van der Waals surface area contributed by atoms with Crippen molar-refractivity contribution in [3.63, 3.8) is 0 Å². The van der Waals surface area contributed by atoms with Crippen LogP contribution in [-0.2, 0) is 6.42 Å². The summed E-state index contributed by atoms with van der Waals surface area (Å²) in [6.07, 6.45) is 2.05. The summed E-state index contributed by atoms with van der Waals surface area (Å²) < 4.78 is 1.64. The highest BCUT2D eigenvalue weighted by Crippen LogP contribution is 2.13. The molecule has 2 aromatic carbocycles. The van der Waals surface area contributed by atoms with E-state index in [4.69, 9.17) is 5.73 Å². The number of anilines is 2. The van der Waals surface area contributed by atoms with Crippen LogP contribution in [0, 0.1) is 0 Å². The summed E-state index contributed by atoms with van der Waals surface area (Å²) in [6, 6.07) is 20.2. The number of nitrogen functional groups attached to an aromatic ring is 1. The number of benzene rings is 2. The summed E-state index contributed by atoms with van der Waals surface area (Å²) in [5.74, 6) is 0.950. The van der Waals surface area contributed by atoms with Crippen molar-refractivity contribution < 1.29 is 0 Å². The minimum Gasteiger partial charge on any atom is -0.368 e. The molecule has 0 atom stereocenters. The van der Waals surface area contributed by atoms with Crippen molar-refractivity contribution in [3.8, 4) is 5.69 Å². The van der Waals surface area contributed by atoms with E-state index in [0.717, 1.165) is 25.1 Å². The third-order valence-electron chi connectivity index (χ3n) is 3.40. The number of hydrogen-bond acceptors (Lipinski definition) is 4. The van der Waals surface area contributed by atoms with Gasteiger partial charge in [0, 0.05) is 6.54 Å². The van der Waals surface area contributed by atoms with E-state index in [-0.39, 0.29) is 0 Å². The van der Waals surface area contributed by atoms with Crippen molar-refractivity contribution in [1.29, 1.82) is 0 Å². The molecule has 0 bridgehead atoms. The molecule has 1 aromatic heterocycles. The average Bonchev–Trinajstić information content (AvgIpc) is 2.94. The van der Waals surface area contributed by atoms with Gasteiger partial charge in [0.2, 0.25) is 11.9 Å². The minimum absolute atomic E-state index is 0.386. The number of nitrogens with one attached hydrogen (secondary N) is 1. The molecule has 0 spiro atoms. The smallest absolute Gasteiger partial charge is 0.244 e. The lowest BCUT2D eigenvalue weighted by Crippen LogP contribution is -2.05. The van der Waals surface area contributed by atoms with Crippen molar-refractivity contribution in [3.05, 3.63) is 66.2 Å². The number of nitrogens with two attached hydrogens (primary N) is 1. The number of aryl methyl sites for hydroxylation is 1. The SMILES string of the molecule is Nc1nc(NCCCc2ccccc2)nn1-c1ccccc1. The molecule has 3 aromatic rings. The molecule has 0 aliphatic carbocycles. The van der Waals surface area contributed by atoms with Gasteiger partial charge in [-0.3, -0.25) is 0 Å². The lowest BCUT2D eigenvalue weighted by molar-refractivity contribution is 0.842. The number of aromatic nitrogens is 3. The summed E-state index contributed by atoms with van der Waals surface area (Å²) in [7, 11) is 0. The van der Waals surface area contributed by atoms with E-state index >= 15 is 0 Å². The monoisotopic (exact) mass is 293 g/mol. The molecular formula is C17H19N5. The van der Waals surface area contributed by atoms with E-state index in [2.05, 4.69) is 39.7 Å². The van der Waals surface area contributed by atoms with E-state index in [0.29, 0.717) is 11.9 Å². The van der Waals surface area contributed by atoms with Gasteiger partial charge >= 0.3 is 0 Å². The minimum atomic E-state index is 0.386. The van der Waals surface area contributed by atoms with Gasteiger partial charge in [-0.15, -0.1) is 5.10 Å². The topological polar surface area (TPSA) is 68.8 Å². The summed E-state index contributed by atoms with van der Waals surface area (Å²) in [6.45, 7) is 0.813. The molecule has 0 aliphatic rings. The predicted octanol–water partition coefficient (Wildman–Crippen LogP) is 2.89. The van der Waals surface area contributed by atoms with Crippen LogP contribution in [-0.4, -0.2) is 21.3 Å². The fraction of sp³-hybridized carbons (Fsp3) is 0.176. The molecule has 3 rings (SSSR count). The zero-order chi connectivity index (χ0) is 15.2. The Morgan fingerprint density at radius 3 is 2.36 bits per heavy atom. The first-order valence-electron chi connectivity index (χ1n) is 7.39. The van der Waals surface area contributed by atoms with Gasteiger partial charge in [-0.05, 0) is 30.5 Å². The van der Waals surface area contributed by atoms with Gasteiger partial charge in [0.1, 0.15) is 0 Å². The van der Waals surface area contributed by atoms with Gasteiger partial charge in [0.25, 0.3) is 0 Å². The van der Waals surface area contributed by atoms with Gasteiger partial charge in [0.15, 0.2) is 0 Å². The van der Waals surface area contributed by atoms with Crippen LogP contribution in [0.2, 0.25) is 0 Å². The van der Waals surface area contributed by atoms with E-state index in [1.54, 1.807) is 4.68 Å². The Morgan fingerprint density at radius 2 is 1.64 bits per heavy atom. The molecule has 0 saturated heterocycles. The van der Waals surface area contributed by atoms with Crippen LogP contribution in [0.25, 0.3) is 5.69 Å². The summed E-state index contributed by atoms with van der Waals surface area (Å²) in [5, 5.41) is 7.62. The third kappa shape index (κ3) is 3.44. The van der Waals surface area contributed by atoms with Gasteiger partial charge < -0.3 is 11.1 Å². The van der Waals surface area contributed by atoms with Crippen LogP contribution < -0.4 is 11.1 Å². The van der Waals surface area contributed by atoms with Gasteiger partial charge in [0.05, 0.1) is 5.69 Å². The molecule has 0 aliphatic heterocycles. The summed E-state index contributed by atoms with van der Waals surface area (Å²) in [4.78, 5) is 4.25. The molecule has 1 heterocycles. The van der Waals surface area contributed by atoms with Crippen molar-refractivity contribution in [2.75, 3.05) is 17.6 Å². The molecule has 5 heteroatoms. The highest BCUT2D eigenvalue weighted by molar-refractivity contribution is 5.41. The van der Waals surface area contributed by atoms with E-state index in [1.807, 2.05) is 36.4 Å². The first-order valence-corrected chi connectivity index (χ1v) is 7.39. The maximum atomic E-state index is 5.92. The standard InChI is InChI=1S/C17H19N5/c18-16-20-17(21-22(16)15-11-5-2-6-12-15)19-13-7-10-14-8-3-1-4-9-14/h1-6,8-9,11-12H,7,10,13H2,(H3,18,19,20,21). The number of hydrogen-bond donors (Lipinski definition) is 2. The molecular weight excluding hydrogens is 274 g/mol. The maximum absolute atomic E-state index is 5.92. The molecule has 112 valence electrons. The maximum Gasteiger partial charge on any atom is 0.244 e. The van der Waals surface area contributed by atoms with E-state index in [9.17, 15) is 0 Å². The summed E-state index contributed by atoms with van der Waals surface area (Å²) in [5.41, 5.74) is 8.16. The molecule has 5 nitrogen and oxygen atoms in total. The average molecular weight is 293 g/mol. The van der Waals surface area contributed by atoms with Crippen LogP contribution in [0.5, 0.6) is 0 Å². The van der Waals surface area contributed by atoms with Crippen LogP contribution >= 0.6 is 0 Å². The van der Waals surface area contributed by atoms with Crippen molar-refractivity contribution in [1.82, 2.24) is 14.8 Å². The Labute approximate surface area is 129 Å². The molecule has 3 N–H and O–H groups in total. The second-order valence-electron chi connectivity index (χ2n) is 5.06. The quantitative estimate of drug-likeness (QED) is 0.686. The zero-order valence-electron chi connectivity index (χ0n) is 12.3. The second kappa shape index (κ2) is 6.76. The van der Waals surface area contributed by atoms with Crippen molar-refractivity contribution in [2.24, 2.45) is 0 Å². The first kappa shape index (κ1) is 14.1. The summed E-state index contributed by atoms with van der Waals surface area (Å²) >= 11 is 0. The normalized spacial score (nSPS) is 10.5. The molecule has 0 radical (unpaired) electrons. The number of para-hydroxylation sites is 1. The van der Waals surface area contributed by atoms with Gasteiger partial charge in [-0.25, -0.2) is 0 Å². The highest BCUT2D eigenvalue weighted by Gasteiger charge is 2.07. The fourth-order valence-corrected chi connectivity index (χ4v) is 2.30. The lowest BCUT2D eigenvalue weighted by atomic mass is 10.1.